The number of rotatable bonds is 4. The Balaban J connectivity index is 1.36. The molecule has 2 aliphatic rings. The van der Waals surface area contributed by atoms with Crippen LogP contribution in [0.2, 0.25) is 0 Å². The predicted octanol–water partition coefficient (Wildman–Crippen LogP) is 4.81. The average molecular weight is 400 g/mol. The number of para-hydroxylation sites is 1. The molecule has 0 spiro atoms. The van der Waals surface area contributed by atoms with Crippen LogP contribution in [0.5, 0.6) is 0 Å². The molecule has 2 aromatic carbocycles. The number of hydrogen-bond donors (Lipinski definition) is 2. The fraction of sp³-hybridized carbons (Fsp3) is 0.429. The van der Waals surface area contributed by atoms with Crippen LogP contribution in [-0.2, 0) is 0 Å². The first-order valence-electron chi connectivity index (χ1n) is 9.36. The van der Waals surface area contributed by atoms with Crippen LogP contribution < -0.4 is 15.5 Å². The molecule has 2 aromatic rings. The second-order valence-corrected chi connectivity index (χ2v) is 8.11. The number of hydrogen-bond acceptors (Lipinski definition) is 3. The van der Waals surface area contributed by atoms with Crippen molar-refractivity contribution < 1.29 is 0 Å². The average Bonchev–Trinajstić information content (AvgIpc) is 3.01. The molecule has 1 fully saturated rings. The van der Waals surface area contributed by atoms with Gasteiger partial charge >= 0.3 is 0 Å². The van der Waals surface area contributed by atoms with Crippen LogP contribution in [0.4, 0.5) is 11.4 Å². The van der Waals surface area contributed by atoms with Gasteiger partial charge in [-0.2, -0.15) is 0 Å². The quantitative estimate of drug-likeness (QED) is 0.771. The molecule has 0 radical (unpaired) electrons. The smallest absolute Gasteiger partial charge is 0.0388 e. The normalized spacial score (nSPS) is 23.0. The molecule has 1 saturated heterocycles. The van der Waals surface area contributed by atoms with Crippen LogP contribution in [0, 0.1) is 5.92 Å². The van der Waals surface area contributed by atoms with Crippen molar-refractivity contribution in [1.82, 2.24) is 5.32 Å². The van der Waals surface area contributed by atoms with Crippen molar-refractivity contribution in [2.24, 2.45) is 5.92 Å². The molecule has 2 N–H and O–H groups in total. The Morgan fingerprint density at radius 1 is 1.12 bits per heavy atom. The molecule has 0 aliphatic carbocycles. The van der Waals surface area contributed by atoms with Crippen LogP contribution in [0.3, 0.4) is 0 Å². The van der Waals surface area contributed by atoms with E-state index >= 15 is 0 Å². The van der Waals surface area contributed by atoms with Crippen molar-refractivity contribution in [3.05, 3.63) is 58.6 Å². The molecule has 25 heavy (non-hydrogen) atoms. The van der Waals surface area contributed by atoms with Gasteiger partial charge in [-0.05, 0) is 55.0 Å². The van der Waals surface area contributed by atoms with Crippen LogP contribution in [0.15, 0.2) is 53.0 Å². The molecule has 0 aromatic heterocycles. The van der Waals surface area contributed by atoms with Gasteiger partial charge in [-0.25, -0.2) is 0 Å². The van der Waals surface area contributed by atoms with Gasteiger partial charge in [0.05, 0.1) is 0 Å². The molecular formula is C21H26BrN3. The molecular weight excluding hydrogens is 374 g/mol. The molecule has 4 heteroatoms. The van der Waals surface area contributed by atoms with Gasteiger partial charge in [0.1, 0.15) is 0 Å². The Kier molecular flexibility index (Phi) is 5.28. The third kappa shape index (κ3) is 4.01. The number of anilines is 2. The SMILES string of the molecule is Brc1cccc(N2CCC(CNC3CCCNc4ccccc43)C2)c1. The summed E-state index contributed by atoms with van der Waals surface area (Å²) in [7, 11) is 0. The third-order valence-electron chi connectivity index (χ3n) is 5.43. The van der Waals surface area contributed by atoms with E-state index in [1.54, 1.807) is 0 Å². The van der Waals surface area contributed by atoms with Gasteiger partial charge in [0.15, 0.2) is 0 Å². The zero-order valence-electron chi connectivity index (χ0n) is 14.5. The Morgan fingerprint density at radius 2 is 2.04 bits per heavy atom. The first kappa shape index (κ1) is 16.9. The van der Waals surface area contributed by atoms with E-state index < -0.39 is 0 Å². The van der Waals surface area contributed by atoms with Crippen molar-refractivity contribution in [3.63, 3.8) is 0 Å². The highest BCUT2D eigenvalue weighted by Crippen LogP contribution is 2.30. The maximum absolute atomic E-state index is 3.87. The second kappa shape index (κ2) is 7.79. The molecule has 0 saturated carbocycles. The Morgan fingerprint density at radius 3 is 2.96 bits per heavy atom. The fourth-order valence-corrected chi connectivity index (χ4v) is 4.46. The standard InChI is InChI=1S/C21H26BrN3/c22-17-5-3-6-18(13-17)25-12-10-16(15-25)14-24-21-9-4-11-23-20-8-2-1-7-19(20)21/h1-3,5-8,13,16,21,23-24H,4,9-12,14-15H2. The number of fused-ring (bicyclic) bond motifs is 1. The first-order chi connectivity index (χ1) is 12.3. The number of benzene rings is 2. The lowest BCUT2D eigenvalue weighted by molar-refractivity contribution is 0.437. The first-order valence-corrected chi connectivity index (χ1v) is 10.2. The van der Waals surface area contributed by atoms with E-state index in [9.17, 15) is 0 Å². The summed E-state index contributed by atoms with van der Waals surface area (Å²) in [6.07, 6.45) is 3.71. The van der Waals surface area contributed by atoms with Crippen LogP contribution in [0.25, 0.3) is 0 Å². The summed E-state index contributed by atoms with van der Waals surface area (Å²) in [6.45, 7) is 4.49. The van der Waals surface area contributed by atoms with Crippen molar-refractivity contribution >= 4 is 27.3 Å². The van der Waals surface area contributed by atoms with Gasteiger partial charge in [-0.3, -0.25) is 0 Å². The van der Waals surface area contributed by atoms with Crippen LogP contribution in [0.1, 0.15) is 30.9 Å². The topological polar surface area (TPSA) is 27.3 Å². The van der Waals surface area contributed by atoms with Crippen molar-refractivity contribution in [2.45, 2.75) is 25.3 Å². The summed E-state index contributed by atoms with van der Waals surface area (Å²) in [5, 5.41) is 7.43. The summed E-state index contributed by atoms with van der Waals surface area (Å²) in [6, 6.07) is 17.9. The lowest BCUT2D eigenvalue weighted by Crippen LogP contribution is -2.29. The van der Waals surface area contributed by atoms with Gasteiger partial charge in [-0.1, -0.05) is 40.2 Å². The number of halogens is 1. The number of nitrogens with zero attached hydrogens (tertiary/aromatic N) is 1. The van der Waals surface area contributed by atoms with E-state index in [0.717, 1.165) is 36.6 Å². The lowest BCUT2D eigenvalue weighted by atomic mass is 10.0. The molecule has 132 valence electrons. The van der Waals surface area contributed by atoms with Gasteiger partial charge in [0.2, 0.25) is 0 Å². The lowest BCUT2D eigenvalue weighted by Gasteiger charge is -2.22. The second-order valence-electron chi connectivity index (χ2n) is 7.20. The highest BCUT2D eigenvalue weighted by Gasteiger charge is 2.25. The minimum Gasteiger partial charge on any atom is -0.385 e. The Bertz CT molecular complexity index is 718. The van der Waals surface area contributed by atoms with Crippen molar-refractivity contribution in [2.75, 3.05) is 36.4 Å². The van der Waals surface area contributed by atoms with E-state index in [2.05, 4.69) is 80.0 Å². The minimum absolute atomic E-state index is 0.478. The van der Waals surface area contributed by atoms with Gasteiger partial charge in [0.25, 0.3) is 0 Å². The highest BCUT2D eigenvalue weighted by atomic mass is 79.9. The molecule has 0 amide bonds. The summed E-state index contributed by atoms with van der Waals surface area (Å²) in [5.41, 5.74) is 4.07. The van der Waals surface area contributed by atoms with E-state index in [0.29, 0.717) is 6.04 Å². The van der Waals surface area contributed by atoms with Gasteiger partial charge < -0.3 is 15.5 Å². The summed E-state index contributed by atoms with van der Waals surface area (Å²) >= 11 is 3.59. The monoisotopic (exact) mass is 399 g/mol. The van der Waals surface area contributed by atoms with E-state index in [1.807, 2.05) is 0 Å². The molecule has 2 unspecified atom stereocenters. The predicted molar refractivity (Wildman–Crippen MR) is 109 cm³/mol. The molecule has 2 aliphatic heterocycles. The Labute approximate surface area is 158 Å². The third-order valence-corrected chi connectivity index (χ3v) is 5.93. The molecule has 2 heterocycles. The highest BCUT2D eigenvalue weighted by molar-refractivity contribution is 9.10. The fourth-order valence-electron chi connectivity index (χ4n) is 4.07. The Hall–Kier alpha value is -1.52. The van der Waals surface area contributed by atoms with E-state index in [4.69, 9.17) is 0 Å². The largest absolute Gasteiger partial charge is 0.385 e. The summed E-state index contributed by atoms with van der Waals surface area (Å²) < 4.78 is 1.16. The zero-order chi connectivity index (χ0) is 17.1. The van der Waals surface area contributed by atoms with Gasteiger partial charge in [-0.15, -0.1) is 0 Å². The zero-order valence-corrected chi connectivity index (χ0v) is 16.1. The van der Waals surface area contributed by atoms with E-state index in [-0.39, 0.29) is 0 Å². The molecule has 2 atom stereocenters. The van der Waals surface area contributed by atoms with Crippen LogP contribution in [-0.4, -0.2) is 26.2 Å². The maximum Gasteiger partial charge on any atom is 0.0388 e. The van der Waals surface area contributed by atoms with Crippen molar-refractivity contribution in [3.8, 4) is 0 Å². The molecule has 4 rings (SSSR count). The van der Waals surface area contributed by atoms with Crippen molar-refractivity contribution in [1.29, 1.82) is 0 Å². The summed E-state index contributed by atoms with van der Waals surface area (Å²) in [4.78, 5) is 2.51. The summed E-state index contributed by atoms with van der Waals surface area (Å²) in [5.74, 6) is 0.724. The number of nitrogens with one attached hydrogen (secondary N) is 2. The van der Waals surface area contributed by atoms with Gasteiger partial charge in [0, 0.05) is 48.1 Å². The maximum atomic E-state index is 3.87. The molecule has 3 nitrogen and oxygen atoms in total. The van der Waals surface area contributed by atoms with E-state index in [1.165, 1.54) is 36.2 Å². The minimum atomic E-state index is 0.478. The van der Waals surface area contributed by atoms with Crippen LogP contribution >= 0.6 is 15.9 Å². The molecule has 0 bridgehead atoms.